The van der Waals surface area contributed by atoms with Gasteiger partial charge in [0, 0.05) is 5.56 Å². The molecule has 2 aromatic heterocycles. The van der Waals surface area contributed by atoms with Gasteiger partial charge in [-0.1, -0.05) is 12.1 Å². The van der Waals surface area contributed by atoms with Gasteiger partial charge >= 0.3 is 0 Å². The summed E-state index contributed by atoms with van der Waals surface area (Å²) in [5, 5.41) is 1.18. The van der Waals surface area contributed by atoms with Crippen LogP contribution in [0, 0.1) is 0 Å². The van der Waals surface area contributed by atoms with E-state index in [1.54, 1.807) is 22.7 Å². The number of fused-ring (bicyclic) bond motifs is 2. The van der Waals surface area contributed by atoms with Crippen molar-refractivity contribution in [2.45, 2.75) is 6.54 Å². The Morgan fingerprint density at radius 1 is 1.07 bits per heavy atom. The summed E-state index contributed by atoms with van der Waals surface area (Å²) in [6.45, 7) is 4.45. The van der Waals surface area contributed by atoms with Gasteiger partial charge in [0.05, 0.1) is 52.1 Å². The van der Waals surface area contributed by atoms with E-state index in [0.717, 1.165) is 54.0 Å². The van der Waals surface area contributed by atoms with Gasteiger partial charge in [0.25, 0.3) is 5.91 Å². The lowest BCUT2D eigenvalue weighted by Crippen LogP contribution is -3.13. The first-order chi connectivity index (χ1) is 13.3. The van der Waals surface area contributed by atoms with E-state index in [2.05, 4.69) is 23.2 Å². The molecule has 27 heavy (non-hydrogen) atoms. The summed E-state index contributed by atoms with van der Waals surface area (Å²) in [6.07, 6.45) is 0. The number of thiazole rings is 2. The van der Waals surface area contributed by atoms with E-state index < -0.39 is 0 Å². The summed E-state index contributed by atoms with van der Waals surface area (Å²) in [7, 11) is 0. The van der Waals surface area contributed by atoms with Crippen LogP contribution in [0.15, 0.2) is 48.0 Å². The summed E-state index contributed by atoms with van der Waals surface area (Å²) in [5.74, 6) is 0.129. The summed E-state index contributed by atoms with van der Waals surface area (Å²) in [5.41, 5.74) is 4.63. The lowest BCUT2D eigenvalue weighted by molar-refractivity contribution is -0.917. The van der Waals surface area contributed by atoms with E-state index >= 15 is 0 Å². The van der Waals surface area contributed by atoms with Crippen molar-refractivity contribution in [3.8, 4) is 0 Å². The Bertz CT molecular complexity index is 1080. The zero-order chi connectivity index (χ0) is 18.2. The second-order valence-electron chi connectivity index (χ2n) is 6.83. The van der Waals surface area contributed by atoms with Gasteiger partial charge < -0.3 is 9.80 Å². The molecule has 0 aliphatic carbocycles. The smallest absolute Gasteiger partial charge is 0.254 e. The van der Waals surface area contributed by atoms with Gasteiger partial charge in [-0.25, -0.2) is 9.97 Å². The minimum atomic E-state index is 0.129. The van der Waals surface area contributed by atoms with Gasteiger partial charge in [-0.3, -0.25) is 4.79 Å². The van der Waals surface area contributed by atoms with Crippen LogP contribution in [0.5, 0.6) is 0 Å². The van der Waals surface area contributed by atoms with E-state index in [-0.39, 0.29) is 5.91 Å². The van der Waals surface area contributed by atoms with Crippen molar-refractivity contribution in [1.29, 1.82) is 0 Å². The van der Waals surface area contributed by atoms with E-state index in [9.17, 15) is 4.79 Å². The monoisotopic (exact) mass is 395 g/mol. The maximum absolute atomic E-state index is 12.8. The molecular formula is C20H19N4OS2+. The highest BCUT2D eigenvalue weighted by molar-refractivity contribution is 7.18. The number of hydrogen-bond acceptors (Lipinski definition) is 5. The number of carbonyl (C=O) groups excluding carboxylic acids is 1. The Morgan fingerprint density at radius 2 is 1.93 bits per heavy atom. The molecule has 1 fully saturated rings. The maximum Gasteiger partial charge on any atom is 0.254 e. The Morgan fingerprint density at radius 3 is 2.78 bits per heavy atom. The number of para-hydroxylation sites is 1. The predicted molar refractivity (Wildman–Crippen MR) is 110 cm³/mol. The Balaban J connectivity index is 1.23. The van der Waals surface area contributed by atoms with Crippen LogP contribution >= 0.6 is 22.7 Å². The predicted octanol–water partition coefficient (Wildman–Crippen LogP) is 2.45. The number of hydrogen-bond donors (Lipinski definition) is 1. The molecule has 1 amide bonds. The Labute approximate surface area is 164 Å². The first kappa shape index (κ1) is 16.8. The molecule has 1 aliphatic rings. The number of carbonyl (C=O) groups is 1. The second-order valence-corrected chi connectivity index (χ2v) is 8.83. The van der Waals surface area contributed by atoms with Crippen LogP contribution in [0.2, 0.25) is 0 Å². The molecule has 5 rings (SSSR count). The SMILES string of the molecule is O=C(c1ccc2ncsc2c1)N1CC[NH+](Cc2nc3ccccc3s2)CC1. The molecule has 7 heteroatoms. The van der Waals surface area contributed by atoms with Crippen molar-refractivity contribution in [1.82, 2.24) is 14.9 Å². The summed E-state index contributed by atoms with van der Waals surface area (Å²) in [6, 6.07) is 14.1. The summed E-state index contributed by atoms with van der Waals surface area (Å²) >= 11 is 3.36. The Kier molecular flexibility index (Phi) is 4.35. The number of quaternary nitrogens is 1. The molecule has 1 saturated heterocycles. The molecule has 0 radical (unpaired) electrons. The number of nitrogens with one attached hydrogen (secondary N) is 1. The first-order valence-corrected chi connectivity index (χ1v) is 10.8. The highest BCUT2D eigenvalue weighted by Gasteiger charge is 2.25. The van der Waals surface area contributed by atoms with Gasteiger partial charge in [0.1, 0.15) is 11.6 Å². The minimum Gasteiger partial charge on any atom is -0.327 e. The quantitative estimate of drug-likeness (QED) is 0.580. The molecule has 3 heterocycles. The molecular weight excluding hydrogens is 376 g/mol. The van der Waals surface area contributed by atoms with Crippen LogP contribution in [0.25, 0.3) is 20.4 Å². The van der Waals surface area contributed by atoms with Crippen LogP contribution < -0.4 is 4.90 Å². The van der Waals surface area contributed by atoms with Crippen LogP contribution in [-0.4, -0.2) is 47.0 Å². The first-order valence-electron chi connectivity index (χ1n) is 9.07. The fraction of sp³-hybridized carbons (Fsp3) is 0.250. The molecule has 4 aromatic rings. The average Bonchev–Trinajstić information content (AvgIpc) is 3.33. The number of nitrogens with zero attached hydrogens (tertiary/aromatic N) is 3. The second kappa shape index (κ2) is 6.99. The largest absolute Gasteiger partial charge is 0.327 e. The molecule has 0 atom stereocenters. The van der Waals surface area contributed by atoms with Gasteiger partial charge in [-0.05, 0) is 30.3 Å². The van der Waals surface area contributed by atoms with Crippen LogP contribution in [0.1, 0.15) is 15.4 Å². The summed E-state index contributed by atoms with van der Waals surface area (Å²) < 4.78 is 2.32. The number of aromatic nitrogens is 2. The highest BCUT2D eigenvalue weighted by atomic mass is 32.1. The minimum absolute atomic E-state index is 0.129. The Hall–Kier alpha value is -2.35. The van der Waals surface area contributed by atoms with E-state index in [1.807, 2.05) is 34.7 Å². The fourth-order valence-corrected chi connectivity index (χ4v) is 5.34. The van der Waals surface area contributed by atoms with E-state index in [4.69, 9.17) is 4.98 Å². The number of benzene rings is 2. The van der Waals surface area contributed by atoms with Gasteiger partial charge in [-0.2, -0.15) is 0 Å². The van der Waals surface area contributed by atoms with Gasteiger partial charge in [-0.15, -0.1) is 22.7 Å². The number of piperazine rings is 1. The third-order valence-corrected chi connectivity index (χ3v) is 6.90. The molecule has 0 bridgehead atoms. The summed E-state index contributed by atoms with van der Waals surface area (Å²) in [4.78, 5) is 25.3. The standard InChI is InChI=1S/C20H18N4OS2/c25-20(14-5-6-15-18(11-14)26-13-21-15)24-9-7-23(8-10-24)12-19-22-16-3-1-2-4-17(16)27-19/h1-6,11,13H,7-10,12H2/p+1. The molecule has 5 nitrogen and oxygen atoms in total. The molecule has 1 aliphatic heterocycles. The fourth-order valence-electron chi connectivity index (χ4n) is 3.58. The zero-order valence-corrected chi connectivity index (χ0v) is 16.4. The molecule has 0 spiro atoms. The van der Waals surface area contributed by atoms with Crippen molar-refractivity contribution in [3.05, 3.63) is 58.5 Å². The van der Waals surface area contributed by atoms with Crippen LogP contribution in [0.3, 0.4) is 0 Å². The topological polar surface area (TPSA) is 50.5 Å². The third kappa shape index (κ3) is 3.34. The lowest BCUT2D eigenvalue weighted by atomic mass is 10.1. The zero-order valence-electron chi connectivity index (χ0n) is 14.7. The molecule has 0 unspecified atom stereocenters. The van der Waals surface area contributed by atoms with Gasteiger partial charge in [0.15, 0.2) is 0 Å². The van der Waals surface area contributed by atoms with Crippen molar-refractivity contribution in [2.75, 3.05) is 26.2 Å². The van der Waals surface area contributed by atoms with Gasteiger partial charge in [0.2, 0.25) is 0 Å². The number of rotatable bonds is 3. The van der Waals surface area contributed by atoms with Crippen LogP contribution in [0.4, 0.5) is 0 Å². The van der Waals surface area contributed by atoms with E-state index in [0.29, 0.717) is 0 Å². The van der Waals surface area contributed by atoms with Crippen molar-refractivity contribution >= 4 is 49.0 Å². The van der Waals surface area contributed by atoms with Crippen LogP contribution in [-0.2, 0) is 6.54 Å². The van der Waals surface area contributed by atoms with E-state index in [1.165, 1.54) is 14.6 Å². The molecule has 2 aromatic carbocycles. The maximum atomic E-state index is 12.8. The molecule has 136 valence electrons. The van der Waals surface area contributed by atoms with Crippen molar-refractivity contribution in [2.24, 2.45) is 0 Å². The third-order valence-electron chi connectivity index (χ3n) is 5.08. The molecule has 1 N–H and O–H groups in total. The van der Waals surface area contributed by atoms with Crippen molar-refractivity contribution < 1.29 is 9.69 Å². The molecule has 0 saturated carbocycles. The van der Waals surface area contributed by atoms with Crippen molar-refractivity contribution in [3.63, 3.8) is 0 Å². The normalized spacial score (nSPS) is 15.6. The lowest BCUT2D eigenvalue weighted by Gasteiger charge is -2.31. The number of amides is 1. The highest BCUT2D eigenvalue weighted by Crippen LogP contribution is 2.21. The average molecular weight is 396 g/mol.